The van der Waals surface area contributed by atoms with Gasteiger partial charge in [0.1, 0.15) is 0 Å². The normalized spacial score (nSPS) is 13.0. The largest absolute Gasteiger partial charge is 0.256 e. The van der Waals surface area contributed by atoms with Crippen molar-refractivity contribution in [3.8, 4) is 0 Å². The van der Waals surface area contributed by atoms with Crippen LogP contribution in [0.4, 0.5) is 0 Å². The topological polar surface area (TPSA) is 25.8 Å². The zero-order valence-electron chi connectivity index (χ0n) is 15.3. The predicted molar refractivity (Wildman–Crippen MR) is 118 cm³/mol. The average molecular weight is 378 g/mol. The molecule has 28 heavy (non-hydrogen) atoms. The summed E-state index contributed by atoms with van der Waals surface area (Å²) in [6.45, 7) is 0. The molecule has 4 aromatic rings. The third kappa shape index (κ3) is 3.06. The van der Waals surface area contributed by atoms with Gasteiger partial charge in [0.2, 0.25) is 0 Å². The summed E-state index contributed by atoms with van der Waals surface area (Å²) in [6, 6.07) is 29.8. The van der Waals surface area contributed by atoms with E-state index in [4.69, 9.17) is 9.97 Å². The summed E-state index contributed by atoms with van der Waals surface area (Å²) in [5.41, 5.74) is 7.62. The molecule has 134 valence electrons. The van der Waals surface area contributed by atoms with Crippen LogP contribution in [0.25, 0.3) is 12.2 Å². The fraction of sp³-hybridized carbons (Fsp3) is 0.0400. The van der Waals surface area contributed by atoms with Gasteiger partial charge in [0.15, 0.2) is 0 Å². The second-order valence-electron chi connectivity index (χ2n) is 6.74. The van der Waals surface area contributed by atoms with Crippen LogP contribution in [0.2, 0.25) is 0 Å². The molecule has 2 heterocycles. The fourth-order valence-corrected chi connectivity index (χ4v) is 6.49. The highest BCUT2D eigenvalue weighted by atomic mass is 31.1. The molecule has 1 aliphatic carbocycles. The number of pyridine rings is 2. The molecule has 0 atom stereocenters. The maximum atomic E-state index is 4.78. The van der Waals surface area contributed by atoms with Gasteiger partial charge in [-0.05, 0) is 46.5 Å². The monoisotopic (exact) mass is 378 g/mol. The number of fused-ring (bicyclic) bond motifs is 2. The highest BCUT2D eigenvalue weighted by Crippen LogP contribution is 2.55. The van der Waals surface area contributed by atoms with E-state index in [1.165, 1.54) is 22.3 Å². The number of nitrogens with zero attached hydrogens (tertiary/aromatic N) is 2. The molecule has 0 radical (unpaired) electrons. The third-order valence-electron chi connectivity index (χ3n) is 5.07. The van der Waals surface area contributed by atoms with Crippen molar-refractivity contribution in [2.45, 2.75) is 5.66 Å². The van der Waals surface area contributed by atoms with Crippen LogP contribution in [0.1, 0.15) is 27.9 Å². The highest BCUT2D eigenvalue weighted by molar-refractivity contribution is 7.73. The minimum atomic E-state index is -0.822. The van der Waals surface area contributed by atoms with E-state index >= 15 is 0 Å². The highest BCUT2D eigenvalue weighted by Gasteiger charge is 2.32. The van der Waals surface area contributed by atoms with Crippen molar-refractivity contribution in [2.75, 3.05) is 0 Å². The molecule has 5 rings (SSSR count). The smallest absolute Gasteiger partial charge is 0.0701 e. The van der Waals surface area contributed by atoms with Gasteiger partial charge < -0.3 is 0 Å². The SMILES string of the molecule is C1=Cc2ccccc2C(P(c2ccccn2)c2ccccn2)c2ccccc21. The Morgan fingerprint density at radius 2 is 1.00 bits per heavy atom. The Morgan fingerprint density at radius 3 is 1.46 bits per heavy atom. The van der Waals surface area contributed by atoms with Crippen molar-refractivity contribution in [3.63, 3.8) is 0 Å². The van der Waals surface area contributed by atoms with E-state index < -0.39 is 7.92 Å². The Balaban J connectivity index is 1.80. The van der Waals surface area contributed by atoms with Crippen molar-refractivity contribution in [2.24, 2.45) is 0 Å². The summed E-state index contributed by atoms with van der Waals surface area (Å²) in [6.07, 6.45) is 8.25. The maximum absolute atomic E-state index is 4.78. The van der Waals surface area contributed by atoms with Gasteiger partial charge in [0.25, 0.3) is 0 Å². The van der Waals surface area contributed by atoms with Gasteiger partial charge in [0, 0.05) is 26.0 Å². The van der Waals surface area contributed by atoms with Gasteiger partial charge in [-0.25, -0.2) is 0 Å². The van der Waals surface area contributed by atoms with Crippen LogP contribution >= 0.6 is 7.92 Å². The molecule has 0 bridgehead atoms. The van der Waals surface area contributed by atoms with Crippen molar-refractivity contribution in [1.29, 1.82) is 0 Å². The Labute approximate surface area is 166 Å². The van der Waals surface area contributed by atoms with E-state index in [0.717, 1.165) is 10.9 Å². The van der Waals surface area contributed by atoms with Crippen molar-refractivity contribution in [1.82, 2.24) is 9.97 Å². The molecular weight excluding hydrogens is 359 g/mol. The second-order valence-corrected chi connectivity index (χ2v) is 8.91. The Kier molecular flexibility index (Phi) is 4.56. The van der Waals surface area contributed by atoms with E-state index in [-0.39, 0.29) is 5.66 Å². The number of benzene rings is 2. The number of rotatable bonds is 3. The molecule has 2 aromatic carbocycles. The van der Waals surface area contributed by atoms with Gasteiger partial charge in [-0.3, -0.25) is 9.97 Å². The Hall–Kier alpha value is -3.09. The zero-order chi connectivity index (χ0) is 18.8. The Bertz CT molecular complexity index is 1030. The quantitative estimate of drug-likeness (QED) is 0.459. The lowest BCUT2D eigenvalue weighted by Gasteiger charge is -2.29. The van der Waals surface area contributed by atoms with Gasteiger partial charge in [-0.1, -0.05) is 72.8 Å². The molecular formula is C25H19N2P. The minimum absolute atomic E-state index is 0.196. The van der Waals surface area contributed by atoms with E-state index in [0.29, 0.717) is 0 Å². The molecule has 0 saturated carbocycles. The molecule has 0 N–H and O–H groups in total. The first kappa shape index (κ1) is 17.0. The lowest BCUT2D eigenvalue weighted by Crippen LogP contribution is -2.22. The van der Waals surface area contributed by atoms with Crippen LogP contribution < -0.4 is 10.9 Å². The fourth-order valence-electron chi connectivity index (χ4n) is 3.82. The van der Waals surface area contributed by atoms with Crippen molar-refractivity contribution in [3.05, 3.63) is 120 Å². The third-order valence-corrected chi connectivity index (χ3v) is 7.66. The number of aromatic nitrogens is 2. The summed E-state index contributed by atoms with van der Waals surface area (Å²) < 4.78 is 0. The lowest BCUT2D eigenvalue weighted by atomic mass is 9.99. The van der Waals surface area contributed by atoms with Gasteiger partial charge in [-0.2, -0.15) is 0 Å². The molecule has 1 aliphatic rings. The van der Waals surface area contributed by atoms with Crippen LogP contribution in [0.3, 0.4) is 0 Å². The van der Waals surface area contributed by atoms with Gasteiger partial charge >= 0.3 is 0 Å². The maximum Gasteiger partial charge on any atom is 0.0701 e. The zero-order valence-corrected chi connectivity index (χ0v) is 16.2. The number of hydrogen-bond acceptors (Lipinski definition) is 2. The minimum Gasteiger partial charge on any atom is -0.256 e. The Morgan fingerprint density at radius 1 is 0.536 bits per heavy atom. The second kappa shape index (κ2) is 7.50. The van der Waals surface area contributed by atoms with Crippen LogP contribution in [-0.2, 0) is 0 Å². The van der Waals surface area contributed by atoms with Crippen molar-refractivity contribution >= 4 is 30.9 Å². The number of hydrogen-bond donors (Lipinski definition) is 0. The summed E-state index contributed by atoms with van der Waals surface area (Å²) in [4.78, 5) is 9.55. The summed E-state index contributed by atoms with van der Waals surface area (Å²) in [7, 11) is -0.822. The summed E-state index contributed by atoms with van der Waals surface area (Å²) >= 11 is 0. The van der Waals surface area contributed by atoms with E-state index in [2.05, 4.69) is 84.9 Å². The van der Waals surface area contributed by atoms with E-state index in [1.54, 1.807) is 0 Å². The summed E-state index contributed by atoms with van der Waals surface area (Å²) in [5, 5.41) is 0. The van der Waals surface area contributed by atoms with Crippen LogP contribution in [0.15, 0.2) is 97.3 Å². The predicted octanol–water partition coefficient (Wildman–Crippen LogP) is 5.18. The molecule has 0 spiro atoms. The summed E-state index contributed by atoms with van der Waals surface area (Å²) in [5.74, 6) is 0. The molecule has 0 aliphatic heterocycles. The van der Waals surface area contributed by atoms with Crippen LogP contribution in [-0.4, -0.2) is 9.97 Å². The van der Waals surface area contributed by atoms with Gasteiger partial charge in [-0.15, -0.1) is 0 Å². The molecule has 2 aromatic heterocycles. The first-order valence-corrected chi connectivity index (χ1v) is 10.8. The molecule has 2 nitrogen and oxygen atoms in total. The van der Waals surface area contributed by atoms with Crippen LogP contribution in [0.5, 0.6) is 0 Å². The van der Waals surface area contributed by atoms with Crippen molar-refractivity contribution < 1.29 is 0 Å². The first-order valence-electron chi connectivity index (χ1n) is 9.39. The van der Waals surface area contributed by atoms with Crippen LogP contribution in [0, 0.1) is 0 Å². The molecule has 3 heteroatoms. The molecule has 0 fully saturated rings. The molecule has 0 saturated heterocycles. The van der Waals surface area contributed by atoms with E-state index in [1.807, 2.05) is 24.5 Å². The first-order chi connectivity index (χ1) is 13.9. The van der Waals surface area contributed by atoms with E-state index in [9.17, 15) is 0 Å². The average Bonchev–Trinajstić information content (AvgIpc) is 2.93. The molecule has 0 amide bonds. The lowest BCUT2D eigenvalue weighted by molar-refractivity contribution is 1.13. The standard InChI is InChI=1S/C25H19N2P/c1-3-11-21-19(9-1)15-16-20-10-2-4-12-22(20)25(21)28(23-13-5-7-17-26-23)24-14-6-8-18-27-24/h1-18,25H. The molecule has 0 unspecified atom stereocenters. The van der Waals surface area contributed by atoms with Gasteiger partial charge in [0.05, 0.1) is 10.9 Å².